The SMILES string of the molecule is O=C(Nc1ccc(Cl)c(Cl)c1)Nc1c(Oc2ccc(Cl)c(Cl)c2)ccc(Cl)c1S(=O)(=O)O.[Na+]. The van der Waals surface area contributed by atoms with Crippen LogP contribution in [0.15, 0.2) is 53.4 Å². The zero-order chi connectivity index (χ0) is 23.6. The fourth-order valence-corrected chi connectivity index (χ4v) is 4.27. The second-order valence-corrected chi connectivity index (χ2v) is 9.51. The van der Waals surface area contributed by atoms with Crippen LogP contribution in [-0.2, 0) is 10.1 Å². The number of halogens is 5. The van der Waals surface area contributed by atoms with Crippen LogP contribution in [0.1, 0.15) is 0 Å². The van der Waals surface area contributed by atoms with Gasteiger partial charge in [0, 0.05) is 11.8 Å². The summed E-state index contributed by atoms with van der Waals surface area (Å²) in [5.74, 6) is 0.0284. The van der Waals surface area contributed by atoms with E-state index in [0.29, 0.717) is 0 Å². The van der Waals surface area contributed by atoms with Crippen molar-refractivity contribution in [1.29, 1.82) is 0 Å². The molecule has 7 nitrogen and oxygen atoms in total. The summed E-state index contributed by atoms with van der Waals surface area (Å²) in [6.45, 7) is 0. The first-order valence-electron chi connectivity index (χ1n) is 8.41. The molecule has 168 valence electrons. The normalized spacial score (nSPS) is 10.8. The van der Waals surface area contributed by atoms with Crippen molar-refractivity contribution >= 4 is 85.5 Å². The van der Waals surface area contributed by atoms with Crippen molar-refractivity contribution in [3.63, 3.8) is 0 Å². The third kappa shape index (κ3) is 7.29. The number of rotatable bonds is 5. The molecule has 0 aliphatic heterocycles. The van der Waals surface area contributed by atoms with E-state index in [4.69, 9.17) is 62.7 Å². The quantitative estimate of drug-likeness (QED) is 0.302. The van der Waals surface area contributed by atoms with Crippen LogP contribution in [0.3, 0.4) is 0 Å². The second kappa shape index (κ2) is 11.7. The van der Waals surface area contributed by atoms with Gasteiger partial charge in [0.2, 0.25) is 0 Å². The second-order valence-electron chi connectivity index (χ2n) is 6.11. The Bertz CT molecular complexity index is 1320. The van der Waals surface area contributed by atoms with Crippen LogP contribution in [0.5, 0.6) is 11.5 Å². The summed E-state index contributed by atoms with van der Waals surface area (Å²) in [4.78, 5) is 11.8. The molecule has 0 aliphatic rings. The number of hydrogen-bond donors (Lipinski definition) is 3. The molecule has 0 saturated heterocycles. The molecular weight excluding hydrogens is 569 g/mol. The van der Waals surface area contributed by atoms with Crippen molar-refractivity contribution in [2.24, 2.45) is 0 Å². The largest absolute Gasteiger partial charge is 1.00 e. The van der Waals surface area contributed by atoms with Crippen molar-refractivity contribution < 1.29 is 52.1 Å². The molecule has 0 atom stereocenters. The number of urea groups is 1. The van der Waals surface area contributed by atoms with Gasteiger partial charge in [0.1, 0.15) is 16.3 Å². The molecule has 0 aliphatic carbocycles. The minimum absolute atomic E-state index is 0. The molecule has 0 bridgehead atoms. The van der Waals surface area contributed by atoms with Crippen LogP contribution in [0.25, 0.3) is 0 Å². The van der Waals surface area contributed by atoms with Gasteiger partial charge in [-0.2, -0.15) is 8.42 Å². The van der Waals surface area contributed by atoms with E-state index < -0.39 is 26.7 Å². The van der Waals surface area contributed by atoms with Crippen molar-refractivity contribution in [2.45, 2.75) is 4.90 Å². The molecule has 3 N–H and O–H groups in total. The molecule has 0 fully saturated rings. The van der Waals surface area contributed by atoms with Crippen LogP contribution in [0, 0.1) is 0 Å². The predicted octanol–water partition coefficient (Wildman–Crippen LogP) is 4.64. The Hall–Kier alpha value is -0.910. The first-order valence-corrected chi connectivity index (χ1v) is 11.7. The molecule has 0 aromatic heterocycles. The summed E-state index contributed by atoms with van der Waals surface area (Å²) in [5.41, 5.74) is -0.150. The van der Waals surface area contributed by atoms with Crippen LogP contribution in [-0.4, -0.2) is 19.0 Å². The molecule has 0 heterocycles. The minimum atomic E-state index is -4.86. The summed E-state index contributed by atoms with van der Waals surface area (Å²) in [6, 6.07) is 10.2. The molecular formula is C19H11Cl5N2NaO5S+. The summed E-state index contributed by atoms with van der Waals surface area (Å²) < 4.78 is 39.3. The van der Waals surface area contributed by atoms with E-state index in [1.54, 1.807) is 0 Å². The number of carbonyl (C=O) groups excluding carboxylic acids is 1. The van der Waals surface area contributed by atoms with Crippen LogP contribution >= 0.6 is 58.0 Å². The molecule has 14 heteroatoms. The standard InChI is InChI=1S/C19H11Cl5N2O5S.Na/c20-11-3-1-9(7-14(11)23)25-19(27)26-17-16(6-5-13(22)18(17)32(28,29)30)31-10-2-4-12(21)15(24)8-10;/h1-8H,(H2,25,26,27)(H,28,29,30);/q;+1. The van der Waals surface area contributed by atoms with Crippen LogP contribution in [0.4, 0.5) is 16.2 Å². The zero-order valence-corrected chi connectivity index (χ0v) is 23.1. The van der Waals surface area contributed by atoms with Gasteiger partial charge < -0.3 is 15.4 Å². The van der Waals surface area contributed by atoms with Gasteiger partial charge in [-0.3, -0.25) is 4.55 Å². The molecule has 3 aromatic rings. The van der Waals surface area contributed by atoms with E-state index in [1.807, 2.05) is 0 Å². The van der Waals surface area contributed by atoms with E-state index in [2.05, 4.69) is 10.6 Å². The Balaban J connectivity index is 0.00000385. The van der Waals surface area contributed by atoms with Crippen LogP contribution < -0.4 is 44.9 Å². The number of hydrogen-bond acceptors (Lipinski definition) is 4. The molecule has 0 spiro atoms. The number of anilines is 2. The average Bonchev–Trinajstić information content (AvgIpc) is 2.68. The molecule has 3 aromatic carbocycles. The average molecular weight is 580 g/mol. The van der Waals surface area contributed by atoms with E-state index >= 15 is 0 Å². The van der Waals surface area contributed by atoms with E-state index in [9.17, 15) is 17.8 Å². The Kier molecular flexibility index (Phi) is 10.0. The first-order chi connectivity index (χ1) is 15.0. The van der Waals surface area contributed by atoms with Gasteiger partial charge in [-0.05, 0) is 42.5 Å². The van der Waals surface area contributed by atoms with Crippen molar-refractivity contribution in [3.8, 4) is 11.5 Å². The monoisotopic (exact) mass is 577 g/mol. The van der Waals surface area contributed by atoms with E-state index in [1.165, 1.54) is 48.5 Å². The van der Waals surface area contributed by atoms with Gasteiger partial charge in [0.25, 0.3) is 10.1 Å². The molecule has 2 amide bonds. The van der Waals surface area contributed by atoms with Gasteiger partial charge in [-0.1, -0.05) is 58.0 Å². The summed E-state index contributed by atoms with van der Waals surface area (Å²) in [5, 5.41) is 5.35. The molecule has 33 heavy (non-hydrogen) atoms. The topological polar surface area (TPSA) is 105 Å². The number of carbonyl (C=O) groups is 1. The van der Waals surface area contributed by atoms with E-state index in [0.717, 1.165) is 0 Å². The van der Waals surface area contributed by atoms with Gasteiger partial charge in [0.05, 0.1) is 25.1 Å². The van der Waals surface area contributed by atoms with Gasteiger partial charge in [-0.25, -0.2) is 4.79 Å². The molecule has 0 unspecified atom stereocenters. The van der Waals surface area contributed by atoms with Gasteiger partial charge in [0.15, 0.2) is 5.75 Å². The Morgan fingerprint density at radius 3 is 1.94 bits per heavy atom. The number of nitrogens with one attached hydrogen (secondary N) is 2. The molecule has 3 rings (SSSR count). The predicted molar refractivity (Wildman–Crippen MR) is 127 cm³/mol. The summed E-state index contributed by atoms with van der Waals surface area (Å²) >= 11 is 29.6. The third-order valence-corrected chi connectivity index (χ3v) is 6.71. The summed E-state index contributed by atoms with van der Waals surface area (Å²) in [6.07, 6.45) is 0. The van der Waals surface area contributed by atoms with Gasteiger partial charge in [-0.15, -0.1) is 0 Å². The van der Waals surface area contributed by atoms with Crippen molar-refractivity contribution in [1.82, 2.24) is 0 Å². The molecule has 0 radical (unpaired) electrons. The molecule has 0 saturated carbocycles. The Morgan fingerprint density at radius 2 is 1.36 bits per heavy atom. The van der Waals surface area contributed by atoms with E-state index in [-0.39, 0.29) is 71.9 Å². The first kappa shape index (κ1) is 28.3. The van der Waals surface area contributed by atoms with Crippen molar-refractivity contribution in [2.75, 3.05) is 10.6 Å². The van der Waals surface area contributed by atoms with Crippen molar-refractivity contribution in [3.05, 3.63) is 73.6 Å². The number of amides is 2. The smallest absolute Gasteiger partial charge is 0.455 e. The Labute approximate surface area is 236 Å². The maximum Gasteiger partial charge on any atom is 1.00 e. The number of ether oxygens (including phenoxy) is 1. The summed E-state index contributed by atoms with van der Waals surface area (Å²) in [7, 11) is -4.86. The fraction of sp³-hybridized carbons (Fsp3) is 0. The minimum Gasteiger partial charge on any atom is -0.455 e. The maximum atomic E-state index is 12.6. The fourth-order valence-electron chi connectivity index (χ4n) is 2.51. The number of benzene rings is 3. The van der Waals surface area contributed by atoms with Crippen LogP contribution in [0.2, 0.25) is 25.1 Å². The maximum absolute atomic E-state index is 12.6. The zero-order valence-electron chi connectivity index (χ0n) is 16.5. The third-order valence-electron chi connectivity index (χ3n) is 3.86. The van der Waals surface area contributed by atoms with Gasteiger partial charge >= 0.3 is 35.6 Å². The Morgan fingerprint density at radius 1 is 0.788 bits per heavy atom.